The molecule has 0 saturated carbocycles. The van der Waals surface area contributed by atoms with Gasteiger partial charge in [0.05, 0.1) is 19.1 Å². The molecule has 2 heterocycles. The summed E-state index contributed by atoms with van der Waals surface area (Å²) in [7, 11) is 0. The molecule has 0 spiro atoms. The molecule has 1 aliphatic heterocycles. The van der Waals surface area contributed by atoms with Crippen LogP contribution in [0.1, 0.15) is 12.6 Å². The summed E-state index contributed by atoms with van der Waals surface area (Å²) in [4.78, 5) is 0. The molecule has 0 unspecified atom stereocenters. The third-order valence-corrected chi connectivity index (χ3v) is 2.46. The van der Waals surface area contributed by atoms with Crippen LogP contribution in [-0.4, -0.2) is 29.0 Å². The fraction of sp³-hybridized carbons (Fsp3) is 0.500. The fourth-order valence-electron chi connectivity index (χ4n) is 1.67. The summed E-state index contributed by atoms with van der Waals surface area (Å²) in [5.74, 6) is 0. The summed E-state index contributed by atoms with van der Waals surface area (Å²) in [6.07, 6.45) is 3.11. The Morgan fingerprint density at radius 1 is 1.29 bits per heavy atom. The third-order valence-electron chi connectivity index (χ3n) is 2.46. The van der Waals surface area contributed by atoms with E-state index in [2.05, 4.69) is 0 Å². The highest BCUT2D eigenvalue weighted by Gasteiger charge is 2.38. The lowest BCUT2D eigenvalue weighted by Crippen LogP contribution is -2.38. The van der Waals surface area contributed by atoms with Crippen LogP contribution in [0.5, 0.6) is 0 Å². The Bertz CT molecular complexity index is 291. The number of aromatic nitrogens is 1. The van der Waals surface area contributed by atoms with Crippen LogP contribution in [0.3, 0.4) is 0 Å². The molecule has 4 heteroatoms. The first-order chi connectivity index (χ1) is 6.81. The van der Waals surface area contributed by atoms with Gasteiger partial charge >= 0.3 is 0 Å². The summed E-state index contributed by atoms with van der Waals surface area (Å²) in [6, 6.07) is 5.73. The van der Waals surface area contributed by atoms with Crippen molar-refractivity contribution in [1.82, 2.24) is 0 Å². The Hall–Kier alpha value is -0.970. The van der Waals surface area contributed by atoms with Crippen molar-refractivity contribution in [2.24, 2.45) is 0 Å². The summed E-state index contributed by atoms with van der Waals surface area (Å²) >= 11 is 0. The molecule has 0 bridgehead atoms. The molecule has 76 valence electrons. The van der Waals surface area contributed by atoms with Gasteiger partial charge in [-0.25, -0.2) is 0 Å². The maximum Gasteiger partial charge on any atom is 0.265 e. The molecular formula is C10H14NO3+. The highest BCUT2D eigenvalue weighted by Crippen LogP contribution is 2.23. The second-order valence-corrected chi connectivity index (χ2v) is 3.44. The number of aliphatic hydroxyl groups is 2. The lowest BCUT2D eigenvalue weighted by Gasteiger charge is -2.08. The van der Waals surface area contributed by atoms with Crippen LogP contribution in [-0.2, 0) is 4.74 Å². The van der Waals surface area contributed by atoms with E-state index in [-0.39, 0.29) is 12.8 Å². The minimum atomic E-state index is -0.572. The predicted octanol–water partition coefficient (Wildman–Crippen LogP) is -0.385. The van der Waals surface area contributed by atoms with Crippen molar-refractivity contribution in [3.8, 4) is 0 Å². The molecule has 1 aliphatic rings. The van der Waals surface area contributed by atoms with E-state index in [1.807, 2.05) is 35.2 Å². The average molecular weight is 196 g/mol. The number of hydrogen-bond donors (Lipinski definition) is 2. The Labute approximate surface area is 82.4 Å². The second-order valence-electron chi connectivity index (χ2n) is 3.44. The van der Waals surface area contributed by atoms with E-state index in [0.717, 1.165) is 0 Å². The van der Waals surface area contributed by atoms with E-state index >= 15 is 0 Å². The molecule has 1 saturated heterocycles. The zero-order valence-electron chi connectivity index (χ0n) is 7.78. The van der Waals surface area contributed by atoms with Crippen LogP contribution in [0.15, 0.2) is 30.6 Å². The SMILES string of the molecule is OC[C@H]1O[C@@H]([n+]2ccccc2)C[C@@H]1O. The maximum atomic E-state index is 9.52. The lowest BCUT2D eigenvalue weighted by atomic mass is 10.2. The van der Waals surface area contributed by atoms with Gasteiger partial charge in [0, 0.05) is 12.1 Å². The van der Waals surface area contributed by atoms with Gasteiger partial charge in [0.2, 0.25) is 0 Å². The monoisotopic (exact) mass is 196 g/mol. The van der Waals surface area contributed by atoms with Crippen molar-refractivity contribution < 1.29 is 19.5 Å². The van der Waals surface area contributed by atoms with Crippen molar-refractivity contribution in [2.45, 2.75) is 24.9 Å². The Morgan fingerprint density at radius 2 is 2.00 bits per heavy atom. The quantitative estimate of drug-likeness (QED) is 0.634. The number of ether oxygens (including phenoxy) is 1. The first-order valence-corrected chi connectivity index (χ1v) is 4.71. The van der Waals surface area contributed by atoms with E-state index in [9.17, 15) is 5.11 Å². The zero-order chi connectivity index (χ0) is 9.97. The minimum Gasteiger partial charge on any atom is -0.394 e. The van der Waals surface area contributed by atoms with Crippen LogP contribution in [0.2, 0.25) is 0 Å². The van der Waals surface area contributed by atoms with Gasteiger partial charge in [-0.1, -0.05) is 6.07 Å². The molecule has 2 N–H and O–H groups in total. The van der Waals surface area contributed by atoms with Crippen LogP contribution in [0.4, 0.5) is 0 Å². The molecule has 0 amide bonds. The lowest BCUT2D eigenvalue weighted by molar-refractivity contribution is -0.759. The van der Waals surface area contributed by atoms with Gasteiger partial charge in [0.25, 0.3) is 6.23 Å². The molecule has 0 radical (unpaired) electrons. The number of rotatable bonds is 2. The molecule has 3 atom stereocenters. The molecule has 0 aromatic carbocycles. The molecule has 14 heavy (non-hydrogen) atoms. The number of hydrogen-bond acceptors (Lipinski definition) is 3. The van der Waals surface area contributed by atoms with Gasteiger partial charge in [-0.2, -0.15) is 4.57 Å². The van der Waals surface area contributed by atoms with Crippen LogP contribution in [0.25, 0.3) is 0 Å². The maximum absolute atomic E-state index is 9.52. The fourth-order valence-corrected chi connectivity index (χ4v) is 1.67. The second kappa shape index (κ2) is 4.04. The zero-order valence-corrected chi connectivity index (χ0v) is 7.78. The van der Waals surface area contributed by atoms with Crippen molar-refractivity contribution in [3.05, 3.63) is 30.6 Å². The smallest absolute Gasteiger partial charge is 0.265 e. The molecule has 1 aromatic rings. The van der Waals surface area contributed by atoms with Gasteiger partial charge in [-0.3, -0.25) is 0 Å². The van der Waals surface area contributed by atoms with E-state index in [0.29, 0.717) is 6.42 Å². The van der Waals surface area contributed by atoms with Crippen molar-refractivity contribution in [2.75, 3.05) is 6.61 Å². The molecule has 1 aromatic heterocycles. The van der Waals surface area contributed by atoms with Crippen molar-refractivity contribution >= 4 is 0 Å². The Morgan fingerprint density at radius 3 is 2.57 bits per heavy atom. The topological polar surface area (TPSA) is 53.6 Å². The van der Waals surface area contributed by atoms with Crippen LogP contribution >= 0.6 is 0 Å². The third kappa shape index (κ3) is 1.77. The number of pyridine rings is 1. The van der Waals surface area contributed by atoms with Crippen LogP contribution < -0.4 is 4.57 Å². The molecular weight excluding hydrogens is 182 g/mol. The van der Waals surface area contributed by atoms with Crippen molar-refractivity contribution in [1.29, 1.82) is 0 Å². The van der Waals surface area contributed by atoms with E-state index < -0.39 is 12.2 Å². The van der Waals surface area contributed by atoms with E-state index in [1.165, 1.54) is 0 Å². The number of nitrogens with zero attached hydrogens (tertiary/aromatic N) is 1. The summed E-state index contributed by atoms with van der Waals surface area (Å²) in [6.45, 7) is -0.134. The minimum absolute atomic E-state index is 0.134. The summed E-state index contributed by atoms with van der Waals surface area (Å²) in [5, 5.41) is 18.4. The Kier molecular flexibility index (Phi) is 2.77. The van der Waals surface area contributed by atoms with Gasteiger partial charge in [0.15, 0.2) is 12.4 Å². The summed E-state index contributed by atoms with van der Waals surface area (Å²) < 4.78 is 7.36. The largest absolute Gasteiger partial charge is 0.394 e. The predicted molar refractivity (Wildman–Crippen MR) is 48.3 cm³/mol. The summed E-state index contributed by atoms with van der Waals surface area (Å²) in [5.41, 5.74) is 0. The highest BCUT2D eigenvalue weighted by atomic mass is 16.5. The Balaban J connectivity index is 2.09. The van der Waals surface area contributed by atoms with E-state index in [1.54, 1.807) is 0 Å². The first kappa shape index (κ1) is 9.58. The normalized spacial score (nSPS) is 32.0. The van der Waals surface area contributed by atoms with Crippen molar-refractivity contribution in [3.63, 3.8) is 0 Å². The van der Waals surface area contributed by atoms with Gasteiger partial charge in [-0.05, 0) is 0 Å². The molecule has 0 aliphatic carbocycles. The average Bonchev–Trinajstić information content (AvgIpc) is 2.61. The molecule has 4 nitrogen and oxygen atoms in total. The molecule has 1 fully saturated rings. The highest BCUT2D eigenvalue weighted by molar-refractivity contribution is 4.84. The van der Waals surface area contributed by atoms with Gasteiger partial charge < -0.3 is 14.9 Å². The molecule has 2 rings (SSSR count). The first-order valence-electron chi connectivity index (χ1n) is 4.71. The van der Waals surface area contributed by atoms with Crippen LogP contribution in [0, 0.1) is 0 Å². The van der Waals surface area contributed by atoms with Gasteiger partial charge in [-0.15, -0.1) is 0 Å². The number of aliphatic hydroxyl groups excluding tert-OH is 2. The van der Waals surface area contributed by atoms with E-state index in [4.69, 9.17) is 9.84 Å². The standard InChI is InChI=1S/C10H14NO3/c12-7-9-8(13)6-10(14-9)11-4-2-1-3-5-11/h1-5,8-10,12-13H,6-7H2/q+1/t8-,9+,10+/m0/s1. The van der Waals surface area contributed by atoms with Gasteiger partial charge in [0.1, 0.15) is 6.10 Å².